The van der Waals surface area contributed by atoms with Crippen molar-refractivity contribution in [2.75, 3.05) is 60.3 Å². The molecule has 9 rings (SSSR count). The highest BCUT2D eigenvalue weighted by molar-refractivity contribution is 6.98. The third kappa shape index (κ3) is 12.7. The molecule has 7 aromatic rings. The van der Waals surface area contributed by atoms with Crippen molar-refractivity contribution in [2.45, 2.75) is 60.0 Å². The van der Waals surface area contributed by atoms with Crippen molar-refractivity contribution in [1.29, 1.82) is 0 Å². The van der Waals surface area contributed by atoms with Crippen molar-refractivity contribution in [3.8, 4) is 11.1 Å². The van der Waals surface area contributed by atoms with Crippen LogP contribution in [0.2, 0.25) is 13.1 Å². The predicted octanol–water partition coefficient (Wildman–Crippen LogP) is 7.28. The van der Waals surface area contributed by atoms with Gasteiger partial charge in [0.05, 0.1) is 0 Å². The number of amides is 2. The summed E-state index contributed by atoms with van der Waals surface area (Å²) in [6, 6.07) is 43.0. The van der Waals surface area contributed by atoms with Crippen molar-refractivity contribution in [1.82, 2.24) is 20.4 Å². The first-order valence-electron chi connectivity index (χ1n) is 27.3. The fourth-order valence-corrected chi connectivity index (χ4v) is 14.5. The van der Waals surface area contributed by atoms with E-state index < -0.39 is 22.3 Å². The molecule has 2 amide bonds. The van der Waals surface area contributed by atoms with E-state index in [0.717, 1.165) is 88.6 Å². The standard InChI is InChI=1S/C65H72B2N6O6Si.CH4/c1-42(2)64(74)68-30-17-31-69-65(75)48-33-46(32-47(34-48)63-54-28-25-49(70(3)4)36-61(54)80(9,10)62-37-50(71(5)6)26-29-55(62)63)43-24-27-53-56(35-43)58(41-73(8)39-45-19-12-16-23-60(45)67(78)79)52-21-14-13-20-51(52)57(53)40-72(7)38-44-18-11-15-22-59(44)66(76)77;/h11-16,18-29,32-37,76-79H,1,17,30-31,38-41H2,2-10H3,(H-,68,69,74,75);1H4/p+1. The normalized spacial score (nSPS) is 13.4. The lowest BCUT2D eigenvalue weighted by Crippen LogP contribution is -2.49. The zero-order chi connectivity index (χ0) is 57.2. The Bertz CT molecular complexity index is 3710. The summed E-state index contributed by atoms with van der Waals surface area (Å²) in [6.45, 7) is 13.0. The van der Waals surface area contributed by atoms with Crippen molar-refractivity contribution >= 4 is 88.8 Å². The maximum absolute atomic E-state index is 14.7. The second kappa shape index (κ2) is 25.1. The second-order valence-corrected chi connectivity index (χ2v) is 26.8. The summed E-state index contributed by atoms with van der Waals surface area (Å²) in [7, 11) is 6.88. The van der Waals surface area contributed by atoms with Gasteiger partial charge in [-0.1, -0.05) is 118 Å². The van der Waals surface area contributed by atoms with Crippen LogP contribution in [0.4, 0.5) is 5.69 Å². The van der Waals surface area contributed by atoms with E-state index in [1.165, 1.54) is 10.4 Å². The Morgan fingerprint density at radius 1 is 0.630 bits per heavy atom. The quantitative estimate of drug-likeness (QED) is 0.0162. The molecule has 12 nitrogen and oxygen atoms in total. The largest absolute Gasteiger partial charge is 0.488 e. The van der Waals surface area contributed by atoms with Crippen LogP contribution < -0.4 is 31.6 Å². The van der Waals surface area contributed by atoms with E-state index >= 15 is 0 Å². The van der Waals surface area contributed by atoms with E-state index in [9.17, 15) is 29.7 Å². The van der Waals surface area contributed by atoms with E-state index in [1.807, 2.05) is 62.6 Å². The van der Waals surface area contributed by atoms with Gasteiger partial charge in [-0.15, -0.1) is 0 Å². The summed E-state index contributed by atoms with van der Waals surface area (Å²) in [4.78, 5) is 33.5. The molecule has 2 aliphatic rings. The van der Waals surface area contributed by atoms with Crippen LogP contribution in [0.3, 0.4) is 0 Å². The number of carbonyl (C=O) groups excluding carboxylic acids is 2. The van der Waals surface area contributed by atoms with Gasteiger partial charge < -0.3 is 35.6 Å². The maximum Gasteiger partial charge on any atom is 0.488 e. The molecule has 0 aromatic heterocycles. The van der Waals surface area contributed by atoms with Crippen LogP contribution in [0.5, 0.6) is 0 Å². The van der Waals surface area contributed by atoms with Gasteiger partial charge in [0.15, 0.2) is 5.71 Å². The number of nitrogens with one attached hydrogen (secondary N) is 2. The van der Waals surface area contributed by atoms with Crippen molar-refractivity contribution in [3.63, 3.8) is 0 Å². The minimum absolute atomic E-state index is 0. The fraction of sp³-hybridized carbons (Fsp3) is 0.258. The van der Waals surface area contributed by atoms with Gasteiger partial charge in [0.25, 0.3) is 5.91 Å². The SMILES string of the molecule is C.C=C(C)C(=O)NCCCNC(=O)c1cc(C2=C3C=CC(=[N+](C)C)C=C3[Si](C)(C)c3cc(N(C)C)ccc32)cc(-c2ccc3c(CN(C)Cc4ccccc4B(O)O)c4ccccc4c(CN(C)Cc4ccccc4B(O)O)c3c2)c1. The Morgan fingerprint density at radius 3 is 1.77 bits per heavy atom. The minimum atomic E-state index is -2.31. The van der Waals surface area contributed by atoms with E-state index in [0.29, 0.717) is 67.8 Å². The number of anilines is 1. The van der Waals surface area contributed by atoms with Crippen molar-refractivity contribution in [2.24, 2.45) is 0 Å². The second-order valence-electron chi connectivity index (χ2n) is 22.4. The van der Waals surface area contributed by atoms with Gasteiger partial charge in [-0.3, -0.25) is 19.4 Å². The molecule has 81 heavy (non-hydrogen) atoms. The molecule has 7 aromatic carbocycles. The third-order valence-corrected chi connectivity index (χ3v) is 19.2. The highest BCUT2D eigenvalue weighted by atomic mass is 28.3. The predicted molar refractivity (Wildman–Crippen MR) is 340 cm³/mol. The van der Waals surface area contributed by atoms with Gasteiger partial charge in [0.1, 0.15) is 22.2 Å². The molecule has 1 aliphatic carbocycles. The number of rotatable bonds is 19. The van der Waals surface area contributed by atoms with Gasteiger partial charge in [-0.25, -0.2) is 4.58 Å². The average molecular weight is 1100 g/mol. The molecule has 1 aliphatic heterocycles. The lowest BCUT2D eigenvalue weighted by molar-refractivity contribution is -0.462. The zero-order valence-electron chi connectivity index (χ0n) is 47.6. The first kappa shape index (κ1) is 59.7. The number of benzene rings is 7. The van der Waals surface area contributed by atoms with Gasteiger partial charge in [0, 0.05) is 82.3 Å². The molecular weight excluding hydrogens is 1020 g/mol. The summed E-state index contributed by atoms with van der Waals surface area (Å²) in [6.07, 6.45) is 7.34. The van der Waals surface area contributed by atoms with Crippen LogP contribution >= 0.6 is 0 Å². The molecule has 0 saturated carbocycles. The fourth-order valence-electron chi connectivity index (χ4n) is 11.5. The summed E-state index contributed by atoms with van der Waals surface area (Å²) < 4.78 is 2.15. The molecule has 0 bridgehead atoms. The molecule has 0 spiro atoms. The first-order chi connectivity index (χ1) is 38.2. The molecule has 0 radical (unpaired) electrons. The van der Waals surface area contributed by atoms with E-state index in [-0.39, 0.29) is 19.2 Å². The number of nitrogens with zero attached hydrogens (tertiary/aromatic N) is 4. The summed E-state index contributed by atoms with van der Waals surface area (Å²) in [5, 5.41) is 54.3. The molecule has 0 fully saturated rings. The average Bonchev–Trinajstić information content (AvgIpc) is 3.56. The minimum Gasteiger partial charge on any atom is -0.423 e. The van der Waals surface area contributed by atoms with E-state index in [1.54, 1.807) is 19.1 Å². The van der Waals surface area contributed by atoms with E-state index in [2.05, 4.69) is 163 Å². The van der Waals surface area contributed by atoms with Crippen molar-refractivity contribution < 1.29 is 34.3 Å². The van der Waals surface area contributed by atoms with Crippen LogP contribution in [0.25, 0.3) is 38.2 Å². The molecule has 15 heteroatoms. The highest BCUT2D eigenvalue weighted by Gasteiger charge is 2.41. The number of carbonyl (C=O) groups is 2. The maximum atomic E-state index is 14.7. The van der Waals surface area contributed by atoms with E-state index in [4.69, 9.17) is 0 Å². The van der Waals surface area contributed by atoms with Gasteiger partial charge >= 0.3 is 14.2 Å². The lowest BCUT2D eigenvalue weighted by atomic mass is 9.77. The molecule has 0 atom stereocenters. The highest BCUT2D eigenvalue weighted by Crippen LogP contribution is 2.44. The van der Waals surface area contributed by atoms with Gasteiger partial charge in [-0.05, 0) is 168 Å². The van der Waals surface area contributed by atoms with Gasteiger partial charge in [0.2, 0.25) is 5.91 Å². The van der Waals surface area contributed by atoms with Gasteiger partial charge in [-0.2, -0.15) is 0 Å². The smallest absolute Gasteiger partial charge is 0.423 e. The topological polar surface area (TPSA) is 152 Å². The van der Waals surface area contributed by atoms with Crippen LogP contribution in [-0.2, 0) is 31.0 Å². The van der Waals surface area contributed by atoms with Crippen LogP contribution in [0, 0.1) is 0 Å². The van der Waals surface area contributed by atoms with Crippen LogP contribution in [0.1, 0.15) is 64.5 Å². The summed E-state index contributed by atoms with van der Waals surface area (Å²) >= 11 is 0. The third-order valence-electron chi connectivity index (χ3n) is 15.7. The number of fused-ring (bicyclic) bond motifs is 4. The molecule has 0 saturated heterocycles. The van der Waals surface area contributed by atoms with Crippen LogP contribution in [-0.4, -0.2) is 130 Å². The molecule has 6 N–H and O–H groups in total. The molecule has 0 unspecified atom stereocenters. The summed E-state index contributed by atoms with van der Waals surface area (Å²) in [5.41, 5.74) is 14.1. The zero-order valence-corrected chi connectivity index (χ0v) is 48.6. The molecule has 416 valence electrons. The molecule has 1 heterocycles. The Balaban J connectivity index is 0.00000860. The van der Waals surface area contributed by atoms with Crippen molar-refractivity contribution in [3.05, 3.63) is 207 Å². The number of hydrogen-bond donors (Lipinski definition) is 6. The lowest BCUT2D eigenvalue weighted by Gasteiger charge is -2.38. The number of hydrogen-bond acceptors (Lipinski definition) is 9. The Kier molecular flexibility index (Phi) is 18.5. The Labute approximate surface area is 480 Å². The first-order valence-corrected chi connectivity index (χ1v) is 30.3. The number of allylic oxidation sites excluding steroid dienone is 5. The van der Waals surface area contributed by atoms with Crippen LogP contribution in [0.15, 0.2) is 169 Å². The Morgan fingerprint density at radius 2 is 1.19 bits per heavy atom. The molecular formula is C66H77B2N6O6Si+. The Hall–Kier alpha value is -7.46. The summed E-state index contributed by atoms with van der Waals surface area (Å²) in [5.74, 6) is -0.436. The monoisotopic (exact) mass is 1100 g/mol.